The quantitative estimate of drug-likeness (QED) is 0.287. The maximum atomic E-state index is 14.1. The molecule has 7 nitrogen and oxygen atoms in total. The van der Waals surface area contributed by atoms with Crippen LogP contribution in [0.5, 0.6) is 0 Å². The number of aromatic nitrogens is 3. The Morgan fingerprint density at radius 1 is 0.952 bits per heavy atom. The number of nitrogens with one attached hydrogen (secondary N) is 1. The number of nitrogens with zero attached hydrogens (tertiary/aromatic N) is 3. The highest BCUT2D eigenvalue weighted by molar-refractivity contribution is 7.90. The van der Waals surface area contributed by atoms with E-state index in [1.165, 1.54) is 26.9 Å². The number of pyridine rings is 2. The van der Waals surface area contributed by atoms with Crippen molar-refractivity contribution in [2.45, 2.75) is 49.3 Å². The highest BCUT2D eigenvalue weighted by Gasteiger charge is 2.39. The van der Waals surface area contributed by atoms with Gasteiger partial charge in [0.25, 0.3) is 15.6 Å². The summed E-state index contributed by atoms with van der Waals surface area (Å²) < 4.78 is 69.8. The number of alkyl halides is 3. The topological polar surface area (TPSA) is 86.0 Å². The number of rotatable bonds is 4. The summed E-state index contributed by atoms with van der Waals surface area (Å²) in [5, 5.41) is 4.43. The standard InChI is InChI=1S/C31H25F3N4O3S/c1-18-2-7-23(8-3-18)42(40,41)38-26-16-22(6-9-24(26)30-25-10-5-21(36-25)15-27(30)38)37-13-12-19(14-29(37)39)20-4-11-28(35-17-20)31(32,33)34/h2-4,6-9,11-14,16-17,21,25,36H,5,10,15H2,1H3. The Hall–Kier alpha value is -4.22. The summed E-state index contributed by atoms with van der Waals surface area (Å²) in [5.74, 6) is 0. The van der Waals surface area contributed by atoms with Crippen LogP contribution in [0.25, 0.3) is 27.7 Å². The van der Waals surface area contributed by atoms with Crippen LogP contribution in [0.3, 0.4) is 0 Å². The maximum absolute atomic E-state index is 14.1. The third-order valence-electron chi connectivity index (χ3n) is 8.22. The molecule has 0 amide bonds. The zero-order valence-electron chi connectivity index (χ0n) is 22.4. The van der Waals surface area contributed by atoms with Crippen molar-refractivity contribution in [2.75, 3.05) is 0 Å². The largest absolute Gasteiger partial charge is 0.433 e. The molecule has 0 radical (unpaired) electrons. The number of benzene rings is 2. The van der Waals surface area contributed by atoms with E-state index in [1.807, 2.05) is 13.0 Å². The number of hydrogen-bond acceptors (Lipinski definition) is 5. The molecule has 0 saturated carbocycles. The average Bonchev–Trinajstić information content (AvgIpc) is 3.51. The van der Waals surface area contributed by atoms with Gasteiger partial charge in [0.2, 0.25) is 0 Å². The average molecular weight is 591 g/mol. The Morgan fingerprint density at radius 3 is 2.43 bits per heavy atom. The molecule has 5 aromatic rings. The highest BCUT2D eigenvalue weighted by atomic mass is 32.2. The van der Waals surface area contributed by atoms with E-state index in [2.05, 4.69) is 10.3 Å². The Bertz CT molecular complexity index is 2030. The van der Waals surface area contributed by atoms with Crippen molar-refractivity contribution >= 4 is 20.9 Å². The van der Waals surface area contributed by atoms with Gasteiger partial charge in [0.1, 0.15) is 5.69 Å². The summed E-state index contributed by atoms with van der Waals surface area (Å²) in [5.41, 5.74) is 3.03. The molecule has 2 atom stereocenters. The van der Waals surface area contributed by atoms with Gasteiger partial charge in [-0.25, -0.2) is 12.4 Å². The predicted octanol–water partition coefficient (Wildman–Crippen LogP) is 5.77. The van der Waals surface area contributed by atoms with Crippen LogP contribution in [0, 0.1) is 6.92 Å². The van der Waals surface area contributed by atoms with Crippen molar-refractivity contribution in [3.05, 3.63) is 112 Å². The molecule has 2 aromatic carbocycles. The molecule has 214 valence electrons. The molecule has 2 aliphatic heterocycles. The molecule has 42 heavy (non-hydrogen) atoms. The van der Waals surface area contributed by atoms with Gasteiger partial charge < -0.3 is 5.32 Å². The molecule has 2 unspecified atom stereocenters. The van der Waals surface area contributed by atoms with E-state index >= 15 is 0 Å². The molecular formula is C31H25F3N4O3S. The Kier molecular flexibility index (Phi) is 5.97. The van der Waals surface area contributed by atoms with Crippen LogP contribution in [0.4, 0.5) is 13.2 Å². The second-order valence-corrected chi connectivity index (χ2v) is 12.7. The van der Waals surface area contributed by atoms with Crippen molar-refractivity contribution in [3.63, 3.8) is 0 Å². The van der Waals surface area contributed by atoms with Crippen LogP contribution in [0.2, 0.25) is 0 Å². The summed E-state index contributed by atoms with van der Waals surface area (Å²) >= 11 is 0. The minimum absolute atomic E-state index is 0.0564. The van der Waals surface area contributed by atoms with Crippen molar-refractivity contribution < 1.29 is 21.6 Å². The van der Waals surface area contributed by atoms with E-state index in [0.717, 1.165) is 47.3 Å². The van der Waals surface area contributed by atoms with Crippen molar-refractivity contribution in [2.24, 2.45) is 0 Å². The van der Waals surface area contributed by atoms with E-state index in [-0.39, 0.29) is 17.0 Å². The van der Waals surface area contributed by atoms with E-state index in [1.54, 1.807) is 42.5 Å². The lowest BCUT2D eigenvalue weighted by atomic mass is 9.99. The summed E-state index contributed by atoms with van der Waals surface area (Å²) in [6, 6.07) is 17.5. The van der Waals surface area contributed by atoms with Crippen LogP contribution in [-0.4, -0.2) is 28.0 Å². The molecule has 0 aliphatic carbocycles. The van der Waals surface area contributed by atoms with E-state index < -0.39 is 27.5 Å². The van der Waals surface area contributed by atoms with Gasteiger partial charge in [0, 0.05) is 53.6 Å². The van der Waals surface area contributed by atoms with Crippen LogP contribution in [-0.2, 0) is 22.6 Å². The van der Waals surface area contributed by atoms with Crippen molar-refractivity contribution in [1.82, 2.24) is 18.8 Å². The first-order valence-corrected chi connectivity index (χ1v) is 15.0. The summed E-state index contributed by atoms with van der Waals surface area (Å²) in [4.78, 5) is 16.9. The van der Waals surface area contributed by atoms with E-state index in [4.69, 9.17) is 0 Å². The maximum Gasteiger partial charge on any atom is 0.433 e. The third-order valence-corrected chi connectivity index (χ3v) is 9.99. The van der Waals surface area contributed by atoms with Crippen LogP contribution < -0.4 is 10.9 Å². The summed E-state index contributed by atoms with van der Waals surface area (Å²) in [7, 11) is -3.95. The fourth-order valence-corrected chi connectivity index (χ4v) is 7.76. The van der Waals surface area contributed by atoms with E-state index in [9.17, 15) is 26.4 Å². The molecular weight excluding hydrogens is 565 g/mol. The molecule has 5 heterocycles. The first kappa shape index (κ1) is 26.7. The Balaban J connectivity index is 1.36. The Morgan fingerprint density at radius 2 is 1.74 bits per heavy atom. The summed E-state index contributed by atoms with van der Waals surface area (Å²) in [6.45, 7) is 1.90. The van der Waals surface area contributed by atoms with Gasteiger partial charge >= 0.3 is 6.18 Å². The fraction of sp³-hybridized carbons (Fsp3) is 0.226. The normalized spacial score (nSPS) is 18.4. The summed E-state index contributed by atoms with van der Waals surface area (Å²) in [6.07, 6.45) is 0.532. The molecule has 2 bridgehead atoms. The fourth-order valence-electron chi connectivity index (χ4n) is 6.19. The van der Waals surface area contributed by atoms with Gasteiger partial charge in [-0.2, -0.15) is 13.2 Å². The van der Waals surface area contributed by atoms with Gasteiger partial charge in [0.15, 0.2) is 0 Å². The molecule has 2 aliphatic rings. The lowest BCUT2D eigenvalue weighted by molar-refractivity contribution is -0.141. The second kappa shape index (κ2) is 9.40. The number of hydrogen-bond donors (Lipinski definition) is 1. The smallest absolute Gasteiger partial charge is 0.307 e. The molecule has 1 N–H and O–H groups in total. The van der Waals surface area contributed by atoms with Gasteiger partial charge in [-0.05, 0) is 67.3 Å². The van der Waals surface area contributed by atoms with Crippen LogP contribution in [0.15, 0.2) is 88.8 Å². The number of aryl methyl sites for hydroxylation is 1. The van der Waals surface area contributed by atoms with Gasteiger partial charge in [-0.1, -0.05) is 29.8 Å². The molecule has 11 heteroatoms. The minimum Gasteiger partial charge on any atom is -0.307 e. The molecule has 1 saturated heterocycles. The highest BCUT2D eigenvalue weighted by Crippen LogP contribution is 2.43. The molecule has 7 rings (SSSR count). The minimum atomic E-state index is -4.56. The Labute approximate surface area is 239 Å². The predicted molar refractivity (Wildman–Crippen MR) is 152 cm³/mol. The van der Waals surface area contributed by atoms with E-state index in [0.29, 0.717) is 28.8 Å². The zero-order valence-corrected chi connectivity index (χ0v) is 23.2. The van der Waals surface area contributed by atoms with Gasteiger partial charge in [0.05, 0.1) is 16.1 Å². The van der Waals surface area contributed by atoms with Gasteiger partial charge in [-0.15, -0.1) is 0 Å². The monoisotopic (exact) mass is 590 g/mol. The zero-order chi connectivity index (χ0) is 29.4. The SMILES string of the molecule is Cc1ccc(S(=O)(=O)n2c3c(c4ccc(-n5ccc(-c6ccc(C(F)(F)F)nc6)cc5=O)cc42)C2CCC(C3)N2)cc1. The lowest BCUT2D eigenvalue weighted by Crippen LogP contribution is -2.33. The van der Waals surface area contributed by atoms with Crippen molar-refractivity contribution in [3.8, 4) is 16.8 Å². The first-order chi connectivity index (χ1) is 20.0. The number of fused-ring (bicyclic) bond motifs is 6. The molecule has 0 spiro atoms. The van der Waals surface area contributed by atoms with Crippen LogP contribution >= 0.6 is 0 Å². The first-order valence-electron chi connectivity index (χ1n) is 13.5. The van der Waals surface area contributed by atoms with Gasteiger partial charge in [-0.3, -0.25) is 14.3 Å². The lowest BCUT2D eigenvalue weighted by Gasteiger charge is -2.23. The molecule has 3 aromatic heterocycles. The van der Waals surface area contributed by atoms with Crippen molar-refractivity contribution in [1.29, 1.82) is 0 Å². The van der Waals surface area contributed by atoms with Crippen LogP contribution in [0.1, 0.15) is 41.4 Å². The second-order valence-electron chi connectivity index (χ2n) is 10.9. The molecule has 1 fully saturated rings. The number of halogens is 3. The third kappa shape index (κ3) is 4.26.